The van der Waals surface area contributed by atoms with Gasteiger partial charge in [-0.2, -0.15) is 0 Å². The normalized spacial score (nSPS) is 17.6. The summed E-state index contributed by atoms with van der Waals surface area (Å²) >= 11 is 2.02. The van der Waals surface area contributed by atoms with E-state index in [0.29, 0.717) is 5.25 Å². The zero-order chi connectivity index (χ0) is 13.7. The average Bonchev–Trinajstić information content (AvgIpc) is 2.38. The first-order chi connectivity index (χ1) is 9.04. The summed E-state index contributed by atoms with van der Waals surface area (Å²) in [5.41, 5.74) is 1.57. The van der Waals surface area contributed by atoms with Crippen LogP contribution in [-0.2, 0) is 11.3 Å². The lowest BCUT2D eigenvalue weighted by molar-refractivity contribution is 0.1000. The summed E-state index contributed by atoms with van der Waals surface area (Å²) in [6.45, 7) is 9.40. The highest BCUT2D eigenvalue weighted by Gasteiger charge is 2.17. The molecule has 0 aromatic heterocycles. The molecule has 1 aliphatic rings. The molecule has 0 spiro atoms. The monoisotopic (exact) mass is 279 g/mol. The molecular weight excluding hydrogens is 254 g/mol. The summed E-state index contributed by atoms with van der Waals surface area (Å²) in [4.78, 5) is 1.42. The van der Waals surface area contributed by atoms with Gasteiger partial charge in [0.2, 0.25) is 0 Å². The molecule has 0 bridgehead atoms. The maximum absolute atomic E-state index is 5.43. The van der Waals surface area contributed by atoms with Gasteiger partial charge in [-0.05, 0) is 45.2 Å². The van der Waals surface area contributed by atoms with Gasteiger partial charge in [-0.1, -0.05) is 18.2 Å². The first-order valence-corrected chi connectivity index (χ1v) is 8.00. The maximum atomic E-state index is 5.43. The van der Waals surface area contributed by atoms with Crippen molar-refractivity contribution in [2.45, 2.75) is 55.8 Å². The third kappa shape index (κ3) is 5.17. The zero-order valence-electron chi connectivity index (χ0n) is 12.2. The second kappa shape index (κ2) is 6.78. The van der Waals surface area contributed by atoms with Crippen LogP contribution in [0, 0.1) is 0 Å². The lowest BCUT2D eigenvalue weighted by atomic mass is 10.1. The van der Waals surface area contributed by atoms with Gasteiger partial charge in [0.05, 0.1) is 0 Å². The Balaban J connectivity index is 1.99. The minimum Gasteiger partial charge on any atom is -0.381 e. The predicted octanol–water partition coefficient (Wildman–Crippen LogP) is 3.85. The first kappa shape index (κ1) is 14.9. The molecule has 1 aliphatic heterocycles. The van der Waals surface area contributed by atoms with E-state index in [2.05, 4.69) is 50.4 Å². The lowest BCUT2D eigenvalue weighted by Gasteiger charge is -2.24. The van der Waals surface area contributed by atoms with Crippen LogP contribution >= 0.6 is 11.8 Å². The van der Waals surface area contributed by atoms with Crippen LogP contribution in [0.5, 0.6) is 0 Å². The van der Waals surface area contributed by atoms with E-state index in [1.165, 1.54) is 23.3 Å². The Morgan fingerprint density at radius 1 is 1.21 bits per heavy atom. The van der Waals surface area contributed by atoms with Crippen molar-refractivity contribution in [2.24, 2.45) is 0 Å². The Kier molecular flexibility index (Phi) is 5.31. The van der Waals surface area contributed by atoms with Gasteiger partial charge in [0.25, 0.3) is 0 Å². The zero-order valence-corrected chi connectivity index (χ0v) is 13.1. The van der Waals surface area contributed by atoms with Crippen molar-refractivity contribution in [3.63, 3.8) is 0 Å². The van der Waals surface area contributed by atoms with E-state index in [-0.39, 0.29) is 5.54 Å². The topological polar surface area (TPSA) is 21.3 Å². The highest BCUT2D eigenvalue weighted by molar-refractivity contribution is 8.00. The first-order valence-electron chi connectivity index (χ1n) is 7.12. The predicted molar refractivity (Wildman–Crippen MR) is 82.7 cm³/mol. The molecule has 1 heterocycles. The van der Waals surface area contributed by atoms with Crippen molar-refractivity contribution in [1.82, 2.24) is 5.32 Å². The molecule has 3 heteroatoms. The van der Waals surface area contributed by atoms with Crippen molar-refractivity contribution in [1.29, 1.82) is 0 Å². The Morgan fingerprint density at radius 2 is 1.89 bits per heavy atom. The van der Waals surface area contributed by atoms with Gasteiger partial charge in [-0.15, -0.1) is 11.8 Å². The third-order valence-corrected chi connectivity index (χ3v) is 4.70. The molecular formula is C16H25NOS. The number of benzene rings is 1. The number of hydrogen-bond donors (Lipinski definition) is 1. The molecule has 0 amide bonds. The molecule has 1 N–H and O–H groups in total. The van der Waals surface area contributed by atoms with Crippen LogP contribution in [0.15, 0.2) is 29.2 Å². The van der Waals surface area contributed by atoms with Gasteiger partial charge in [0.15, 0.2) is 0 Å². The molecule has 19 heavy (non-hydrogen) atoms. The van der Waals surface area contributed by atoms with E-state index in [9.17, 15) is 0 Å². The molecule has 1 fully saturated rings. The Morgan fingerprint density at radius 3 is 2.58 bits per heavy atom. The van der Waals surface area contributed by atoms with Gasteiger partial charge in [-0.25, -0.2) is 0 Å². The molecule has 106 valence electrons. The molecule has 0 radical (unpaired) electrons. The fourth-order valence-corrected chi connectivity index (χ4v) is 3.33. The van der Waals surface area contributed by atoms with Crippen LogP contribution in [-0.4, -0.2) is 24.0 Å². The van der Waals surface area contributed by atoms with Crippen LogP contribution in [0.2, 0.25) is 0 Å². The van der Waals surface area contributed by atoms with E-state index in [0.717, 1.165) is 19.8 Å². The Bertz CT molecular complexity index is 394. The summed E-state index contributed by atoms with van der Waals surface area (Å²) in [7, 11) is 0. The smallest absolute Gasteiger partial charge is 0.0476 e. The minimum atomic E-state index is 0.163. The highest BCUT2D eigenvalue weighted by Crippen LogP contribution is 2.32. The quantitative estimate of drug-likeness (QED) is 0.904. The summed E-state index contributed by atoms with van der Waals surface area (Å²) in [5, 5.41) is 4.29. The molecule has 0 unspecified atom stereocenters. The number of rotatable bonds is 4. The van der Waals surface area contributed by atoms with E-state index in [1.54, 1.807) is 0 Å². The average molecular weight is 279 g/mol. The van der Waals surface area contributed by atoms with Gasteiger partial charge < -0.3 is 10.1 Å². The van der Waals surface area contributed by atoms with Crippen LogP contribution in [0.25, 0.3) is 0 Å². The number of nitrogens with one attached hydrogen (secondary N) is 1. The third-order valence-electron chi connectivity index (χ3n) is 3.24. The van der Waals surface area contributed by atoms with E-state index < -0.39 is 0 Å². The summed E-state index contributed by atoms with van der Waals surface area (Å²) in [6, 6.07) is 8.76. The number of hydrogen-bond acceptors (Lipinski definition) is 3. The lowest BCUT2D eigenvalue weighted by Crippen LogP contribution is -2.35. The van der Waals surface area contributed by atoms with E-state index in [1.807, 2.05) is 11.8 Å². The SMILES string of the molecule is CC(C)(C)NCc1ccccc1SC1CCOCC1. The molecule has 2 rings (SSSR count). The summed E-state index contributed by atoms with van der Waals surface area (Å²) in [6.07, 6.45) is 2.34. The maximum Gasteiger partial charge on any atom is 0.0476 e. The van der Waals surface area contributed by atoms with Crippen LogP contribution in [0.3, 0.4) is 0 Å². The molecule has 0 atom stereocenters. The largest absolute Gasteiger partial charge is 0.381 e. The number of thioether (sulfide) groups is 1. The second-order valence-corrected chi connectivity index (χ2v) is 7.48. The fourth-order valence-electron chi connectivity index (χ4n) is 2.10. The van der Waals surface area contributed by atoms with Crippen molar-refractivity contribution in [3.05, 3.63) is 29.8 Å². The van der Waals surface area contributed by atoms with Crippen LogP contribution < -0.4 is 5.32 Å². The molecule has 2 nitrogen and oxygen atoms in total. The van der Waals surface area contributed by atoms with Gasteiger partial charge in [-0.3, -0.25) is 0 Å². The molecule has 0 aliphatic carbocycles. The molecule has 0 saturated carbocycles. The summed E-state index contributed by atoms with van der Waals surface area (Å²) < 4.78 is 5.43. The van der Waals surface area contributed by atoms with Crippen molar-refractivity contribution in [2.75, 3.05) is 13.2 Å². The van der Waals surface area contributed by atoms with Gasteiger partial charge in [0.1, 0.15) is 0 Å². The molecule has 1 aromatic rings. The standard InChI is InChI=1S/C16H25NOS/c1-16(2,3)17-12-13-6-4-5-7-15(13)19-14-8-10-18-11-9-14/h4-7,14,17H,8-12H2,1-3H3. The number of ether oxygens (including phenoxy) is 1. The molecule has 1 saturated heterocycles. The van der Waals surface area contributed by atoms with Gasteiger partial charge in [0, 0.05) is 35.4 Å². The van der Waals surface area contributed by atoms with Crippen LogP contribution in [0.4, 0.5) is 0 Å². The van der Waals surface area contributed by atoms with Crippen molar-refractivity contribution in [3.8, 4) is 0 Å². The van der Waals surface area contributed by atoms with Gasteiger partial charge >= 0.3 is 0 Å². The van der Waals surface area contributed by atoms with Crippen molar-refractivity contribution < 1.29 is 4.74 Å². The van der Waals surface area contributed by atoms with Crippen molar-refractivity contribution >= 4 is 11.8 Å². The minimum absolute atomic E-state index is 0.163. The molecule has 1 aromatic carbocycles. The van der Waals surface area contributed by atoms with Crippen LogP contribution in [0.1, 0.15) is 39.2 Å². The second-order valence-electron chi connectivity index (χ2n) is 6.14. The summed E-state index contributed by atoms with van der Waals surface area (Å²) in [5.74, 6) is 0. The Labute approximate surface area is 121 Å². The fraction of sp³-hybridized carbons (Fsp3) is 0.625. The highest BCUT2D eigenvalue weighted by atomic mass is 32.2. The van der Waals surface area contributed by atoms with E-state index >= 15 is 0 Å². The van der Waals surface area contributed by atoms with E-state index in [4.69, 9.17) is 4.74 Å². The Hall–Kier alpha value is -0.510.